The quantitative estimate of drug-likeness (QED) is 0.721. The fourth-order valence-electron chi connectivity index (χ4n) is 2.48. The molecule has 0 heterocycles. The van der Waals surface area contributed by atoms with E-state index in [1.165, 1.54) is 26.2 Å². The molecule has 0 radical (unpaired) electrons. The van der Waals surface area contributed by atoms with E-state index in [1.807, 2.05) is 26.0 Å². The van der Waals surface area contributed by atoms with E-state index in [0.29, 0.717) is 11.4 Å². The largest absolute Gasteiger partial charge is 0.480 e. The Kier molecular flexibility index (Phi) is 6.67. The number of nitrogens with one attached hydrogen (secondary N) is 1. The van der Waals surface area contributed by atoms with Crippen molar-refractivity contribution in [2.45, 2.75) is 31.8 Å². The number of halogens is 1. The van der Waals surface area contributed by atoms with Gasteiger partial charge in [0.05, 0.1) is 4.90 Å². The third kappa shape index (κ3) is 5.09. The van der Waals surface area contributed by atoms with Crippen LogP contribution >= 0.6 is 15.9 Å². The fraction of sp³-hybridized carbons (Fsp3) is 0.316. The van der Waals surface area contributed by atoms with Gasteiger partial charge in [-0.3, -0.25) is 4.79 Å². The zero-order valence-electron chi connectivity index (χ0n) is 15.9. The van der Waals surface area contributed by atoms with Gasteiger partial charge < -0.3 is 10.1 Å². The number of anilines is 1. The monoisotopic (exact) mass is 454 g/mol. The van der Waals surface area contributed by atoms with E-state index >= 15 is 0 Å². The highest BCUT2D eigenvalue weighted by atomic mass is 79.9. The van der Waals surface area contributed by atoms with Gasteiger partial charge in [-0.1, -0.05) is 15.9 Å². The molecule has 1 amide bonds. The lowest BCUT2D eigenvalue weighted by Crippen LogP contribution is -2.30. The van der Waals surface area contributed by atoms with Crippen molar-refractivity contribution in [2.75, 3.05) is 19.4 Å². The molecule has 2 rings (SSSR count). The Balaban J connectivity index is 2.09. The van der Waals surface area contributed by atoms with Gasteiger partial charge in [-0.2, -0.15) is 0 Å². The Hall–Kier alpha value is -1.90. The standard InChI is InChI=1S/C19H23BrN2O4S/c1-12-10-15(20)11-13(2)18(12)26-14(3)19(23)21-16-6-8-17(9-7-16)27(24,25)22(4)5/h6-11,14H,1-5H3,(H,21,23)/t14-/m0/s1. The first kappa shape index (κ1) is 21.4. The first-order chi connectivity index (χ1) is 12.5. The Bertz CT molecular complexity index is 918. The lowest BCUT2D eigenvalue weighted by atomic mass is 10.1. The molecule has 27 heavy (non-hydrogen) atoms. The van der Waals surface area contributed by atoms with Crippen molar-refractivity contribution in [1.29, 1.82) is 0 Å². The Morgan fingerprint density at radius 1 is 1.11 bits per heavy atom. The third-order valence-electron chi connectivity index (χ3n) is 3.99. The summed E-state index contributed by atoms with van der Waals surface area (Å²) in [4.78, 5) is 12.6. The normalized spacial score (nSPS) is 12.7. The Morgan fingerprint density at radius 3 is 2.11 bits per heavy atom. The van der Waals surface area contributed by atoms with Crippen molar-refractivity contribution < 1.29 is 17.9 Å². The molecule has 0 bridgehead atoms. The molecule has 146 valence electrons. The minimum atomic E-state index is -3.50. The van der Waals surface area contributed by atoms with E-state index in [-0.39, 0.29) is 10.8 Å². The predicted molar refractivity (Wildman–Crippen MR) is 110 cm³/mol. The van der Waals surface area contributed by atoms with E-state index in [0.717, 1.165) is 19.9 Å². The molecule has 0 aliphatic carbocycles. The molecule has 0 spiro atoms. The Labute approximate surface area is 168 Å². The van der Waals surface area contributed by atoms with Crippen LogP contribution in [0.2, 0.25) is 0 Å². The van der Waals surface area contributed by atoms with Gasteiger partial charge in [0.1, 0.15) is 5.75 Å². The van der Waals surface area contributed by atoms with E-state index in [4.69, 9.17) is 4.74 Å². The van der Waals surface area contributed by atoms with Gasteiger partial charge in [0.2, 0.25) is 10.0 Å². The summed E-state index contributed by atoms with van der Waals surface area (Å²) in [7, 11) is -0.563. The number of carbonyl (C=O) groups is 1. The van der Waals surface area contributed by atoms with Crippen molar-refractivity contribution in [3.05, 3.63) is 52.0 Å². The number of nitrogens with zero attached hydrogens (tertiary/aromatic N) is 1. The van der Waals surface area contributed by atoms with Crippen molar-refractivity contribution in [3.63, 3.8) is 0 Å². The summed E-state index contributed by atoms with van der Waals surface area (Å²) in [5.41, 5.74) is 2.36. The van der Waals surface area contributed by atoms with Gasteiger partial charge in [-0.15, -0.1) is 0 Å². The fourth-order valence-corrected chi connectivity index (χ4v) is 4.07. The summed E-state index contributed by atoms with van der Waals surface area (Å²) < 4.78 is 32.1. The molecule has 1 atom stereocenters. The van der Waals surface area contributed by atoms with Gasteiger partial charge in [0.25, 0.3) is 5.91 Å². The molecule has 0 aromatic heterocycles. The maximum atomic E-state index is 12.4. The molecule has 0 saturated carbocycles. The second-order valence-corrected chi connectivity index (χ2v) is 9.50. The van der Waals surface area contributed by atoms with Gasteiger partial charge >= 0.3 is 0 Å². The van der Waals surface area contributed by atoms with Crippen LogP contribution in [0.25, 0.3) is 0 Å². The maximum absolute atomic E-state index is 12.4. The molecular formula is C19H23BrN2O4S. The summed E-state index contributed by atoms with van der Waals surface area (Å²) in [6.45, 7) is 5.50. The number of sulfonamides is 1. The minimum Gasteiger partial charge on any atom is -0.480 e. The second kappa shape index (κ2) is 8.41. The summed E-state index contributed by atoms with van der Waals surface area (Å²) in [6, 6.07) is 9.88. The van der Waals surface area contributed by atoms with Gasteiger partial charge in [0, 0.05) is 24.3 Å². The smallest absolute Gasteiger partial charge is 0.265 e. The Morgan fingerprint density at radius 2 is 1.63 bits per heavy atom. The lowest BCUT2D eigenvalue weighted by molar-refractivity contribution is -0.122. The van der Waals surface area contributed by atoms with Crippen molar-refractivity contribution in [2.24, 2.45) is 0 Å². The lowest BCUT2D eigenvalue weighted by Gasteiger charge is -2.18. The number of rotatable bonds is 6. The minimum absolute atomic E-state index is 0.163. The third-order valence-corrected chi connectivity index (χ3v) is 6.28. The zero-order chi connectivity index (χ0) is 20.4. The molecule has 1 N–H and O–H groups in total. The molecule has 0 unspecified atom stereocenters. The highest BCUT2D eigenvalue weighted by molar-refractivity contribution is 9.10. The average Bonchev–Trinajstić information content (AvgIpc) is 2.58. The van der Waals surface area contributed by atoms with Gasteiger partial charge in [-0.05, 0) is 68.3 Å². The van der Waals surface area contributed by atoms with Crippen LogP contribution in [0.4, 0.5) is 5.69 Å². The van der Waals surface area contributed by atoms with Crippen LogP contribution in [0.1, 0.15) is 18.1 Å². The van der Waals surface area contributed by atoms with Crippen LogP contribution in [0, 0.1) is 13.8 Å². The van der Waals surface area contributed by atoms with Crippen molar-refractivity contribution >= 4 is 37.5 Å². The van der Waals surface area contributed by atoms with Crippen LogP contribution in [-0.2, 0) is 14.8 Å². The molecule has 2 aromatic carbocycles. The van der Waals surface area contributed by atoms with Crippen LogP contribution in [0.3, 0.4) is 0 Å². The van der Waals surface area contributed by atoms with Gasteiger partial charge in [-0.25, -0.2) is 12.7 Å². The first-order valence-electron chi connectivity index (χ1n) is 8.29. The van der Waals surface area contributed by atoms with E-state index in [1.54, 1.807) is 19.1 Å². The number of amides is 1. The van der Waals surface area contributed by atoms with E-state index in [2.05, 4.69) is 21.2 Å². The van der Waals surface area contributed by atoms with Crippen LogP contribution in [0.5, 0.6) is 5.75 Å². The van der Waals surface area contributed by atoms with Crippen LogP contribution in [-0.4, -0.2) is 38.8 Å². The maximum Gasteiger partial charge on any atom is 0.265 e. The predicted octanol–water partition coefficient (Wildman–Crippen LogP) is 3.72. The van der Waals surface area contributed by atoms with E-state index in [9.17, 15) is 13.2 Å². The van der Waals surface area contributed by atoms with E-state index < -0.39 is 16.1 Å². The number of ether oxygens (including phenoxy) is 1. The number of benzene rings is 2. The first-order valence-corrected chi connectivity index (χ1v) is 10.5. The number of hydrogen-bond donors (Lipinski definition) is 1. The molecular weight excluding hydrogens is 432 g/mol. The highest BCUT2D eigenvalue weighted by Crippen LogP contribution is 2.28. The summed E-state index contributed by atoms with van der Waals surface area (Å²) in [6.07, 6.45) is -0.714. The summed E-state index contributed by atoms with van der Waals surface area (Å²) in [5, 5.41) is 2.74. The highest BCUT2D eigenvalue weighted by Gasteiger charge is 2.19. The van der Waals surface area contributed by atoms with Crippen molar-refractivity contribution in [1.82, 2.24) is 4.31 Å². The SMILES string of the molecule is Cc1cc(Br)cc(C)c1O[C@@H](C)C(=O)Nc1ccc(S(=O)(=O)N(C)C)cc1. The zero-order valence-corrected chi connectivity index (χ0v) is 18.3. The topological polar surface area (TPSA) is 75.7 Å². The molecule has 0 aliphatic heterocycles. The average molecular weight is 455 g/mol. The summed E-state index contributed by atoms with van der Waals surface area (Å²) in [5.74, 6) is 0.355. The van der Waals surface area contributed by atoms with Crippen LogP contribution in [0.15, 0.2) is 45.8 Å². The number of aryl methyl sites for hydroxylation is 2. The number of hydrogen-bond acceptors (Lipinski definition) is 4. The molecule has 8 heteroatoms. The second-order valence-electron chi connectivity index (χ2n) is 6.43. The molecule has 2 aromatic rings. The van der Waals surface area contributed by atoms with Crippen LogP contribution < -0.4 is 10.1 Å². The number of carbonyl (C=O) groups excluding carboxylic acids is 1. The van der Waals surface area contributed by atoms with Gasteiger partial charge in [0.15, 0.2) is 6.10 Å². The molecule has 0 saturated heterocycles. The molecule has 0 aliphatic rings. The summed E-state index contributed by atoms with van der Waals surface area (Å²) >= 11 is 3.43. The van der Waals surface area contributed by atoms with Crippen molar-refractivity contribution in [3.8, 4) is 5.75 Å². The molecule has 0 fully saturated rings. The molecule has 6 nitrogen and oxygen atoms in total.